The Labute approximate surface area is 182 Å². The molecule has 0 bridgehead atoms. The van der Waals surface area contributed by atoms with Gasteiger partial charge in [-0.3, -0.25) is 0 Å². The molecule has 0 amide bonds. The number of alkyl halides is 3. The Morgan fingerprint density at radius 3 is 2.50 bits per heavy atom. The summed E-state index contributed by atoms with van der Waals surface area (Å²) in [7, 11) is 0. The molecule has 0 spiro atoms. The van der Waals surface area contributed by atoms with Crippen molar-refractivity contribution >= 4 is 34.9 Å². The predicted octanol–water partition coefficient (Wildman–Crippen LogP) is 7.21. The van der Waals surface area contributed by atoms with Crippen molar-refractivity contribution in [2.45, 2.75) is 52.1 Å². The SMILES string of the molecule is [2H]c1cnc(-c2cc(C(C)(C)C)c3ccccc3c2)c2[se]c(CCC(F)(F)F)c(C)c12. The number of fused-ring (bicyclic) bond motifs is 2. The van der Waals surface area contributed by atoms with Crippen molar-refractivity contribution < 1.29 is 14.5 Å². The van der Waals surface area contributed by atoms with Crippen molar-refractivity contribution in [3.8, 4) is 11.3 Å². The third-order valence-corrected chi connectivity index (χ3v) is 8.29. The molecule has 0 saturated heterocycles. The summed E-state index contributed by atoms with van der Waals surface area (Å²) in [5.41, 5.74) is 3.71. The molecule has 4 aromatic rings. The Balaban J connectivity index is 1.95. The van der Waals surface area contributed by atoms with Crippen LogP contribution < -0.4 is 0 Å². The van der Waals surface area contributed by atoms with Crippen LogP contribution >= 0.6 is 0 Å². The maximum atomic E-state index is 12.8. The number of pyridine rings is 1. The monoisotopic (exact) mass is 476 g/mol. The van der Waals surface area contributed by atoms with Crippen LogP contribution in [0.5, 0.6) is 0 Å². The minimum absolute atomic E-state index is 0.00610. The van der Waals surface area contributed by atoms with Gasteiger partial charge in [-0.05, 0) is 0 Å². The van der Waals surface area contributed by atoms with Gasteiger partial charge < -0.3 is 0 Å². The Morgan fingerprint density at radius 2 is 1.80 bits per heavy atom. The number of benzene rings is 2. The number of hydrogen-bond donors (Lipinski definition) is 0. The number of hydrogen-bond acceptors (Lipinski definition) is 1. The molecule has 0 unspecified atom stereocenters. The second kappa shape index (κ2) is 7.55. The van der Waals surface area contributed by atoms with E-state index < -0.39 is 12.6 Å². The van der Waals surface area contributed by atoms with Gasteiger partial charge in [0.25, 0.3) is 0 Å². The molecule has 0 aliphatic rings. The fourth-order valence-electron chi connectivity index (χ4n) is 3.89. The van der Waals surface area contributed by atoms with Gasteiger partial charge in [0, 0.05) is 0 Å². The van der Waals surface area contributed by atoms with Gasteiger partial charge in [0.05, 0.1) is 0 Å². The van der Waals surface area contributed by atoms with Crippen LogP contribution in [-0.4, -0.2) is 25.7 Å². The minimum atomic E-state index is -4.18. The second-order valence-electron chi connectivity index (χ2n) is 8.72. The van der Waals surface area contributed by atoms with Crippen molar-refractivity contribution in [2.24, 2.45) is 0 Å². The molecule has 1 nitrogen and oxygen atoms in total. The fourth-order valence-corrected chi connectivity index (χ4v) is 6.59. The first-order chi connectivity index (χ1) is 14.5. The van der Waals surface area contributed by atoms with E-state index in [1.54, 1.807) is 0 Å². The summed E-state index contributed by atoms with van der Waals surface area (Å²) in [6.45, 7) is 8.37. The standard InChI is InChI=1S/C25H24F3NSe/c1-15-18-10-12-29-22(23(18)30-21(15)9-11-25(26,27)28)17-13-16-7-5-6-8-19(16)20(14-17)24(2,3)4/h5-8,10,12-14H,9,11H2,1-4H3/i10D. The van der Waals surface area contributed by atoms with Crippen molar-refractivity contribution in [1.82, 2.24) is 4.98 Å². The van der Waals surface area contributed by atoms with E-state index in [4.69, 9.17) is 1.37 Å². The van der Waals surface area contributed by atoms with E-state index in [1.807, 2.05) is 19.1 Å². The average Bonchev–Trinajstić information content (AvgIpc) is 3.02. The Morgan fingerprint density at radius 1 is 1.07 bits per heavy atom. The van der Waals surface area contributed by atoms with Crippen LogP contribution in [0.1, 0.15) is 44.1 Å². The van der Waals surface area contributed by atoms with Crippen molar-refractivity contribution in [2.75, 3.05) is 0 Å². The molecule has 156 valence electrons. The normalized spacial score (nSPS) is 13.2. The van der Waals surface area contributed by atoms with Gasteiger partial charge in [0.2, 0.25) is 0 Å². The van der Waals surface area contributed by atoms with Crippen LogP contribution in [0.25, 0.3) is 31.7 Å². The molecular formula is C25H24F3NSe. The number of aromatic nitrogens is 1. The van der Waals surface area contributed by atoms with Gasteiger partial charge in [-0.25, -0.2) is 0 Å². The fraction of sp³-hybridized carbons (Fsp3) is 0.320. The summed E-state index contributed by atoms with van der Waals surface area (Å²) in [5, 5.41) is 3.08. The van der Waals surface area contributed by atoms with Crippen molar-refractivity contribution in [3.05, 3.63) is 64.2 Å². The molecule has 0 atom stereocenters. The summed E-state index contributed by atoms with van der Waals surface area (Å²) in [5.74, 6) is 0. The Bertz CT molecular complexity index is 1280. The van der Waals surface area contributed by atoms with E-state index >= 15 is 0 Å². The van der Waals surface area contributed by atoms with Crippen LogP contribution in [0.2, 0.25) is 0 Å². The maximum absolute atomic E-state index is 12.8. The van der Waals surface area contributed by atoms with E-state index in [0.717, 1.165) is 36.3 Å². The quantitative estimate of drug-likeness (QED) is 0.285. The first-order valence-electron chi connectivity index (χ1n) is 10.4. The van der Waals surface area contributed by atoms with Gasteiger partial charge in [-0.2, -0.15) is 0 Å². The third kappa shape index (κ3) is 4.06. The van der Waals surface area contributed by atoms with Crippen LogP contribution in [-0.2, 0) is 11.8 Å². The molecule has 2 aromatic carbocycles. The molecule has 0 fully saturated rings. The molecule has 0 N–H and O–H groups in total. The average molecular weight is 475 g/mol. The molecule has 0 saturated carbocycles. The van der Waals surface area contributed by atoms with Gasteiger partial charge in [-0.15, -0.1) is 0 Å². The molecule has 30 heavy (non-hydrogen) atoms. The molecule has 5 heteroatoms. The first kappa shape index (κ1) is 19.8. The second-order valence-corrected chi connectivity index (χ2v) is 11.0. The van der Waals surface area contributed by atoms with Crippen LogP contribution in [0, 0.1) is 6.92 Å². The van der Waals surface area contributed by atoms with E-state index in [9.17, 15) is 13.2 Å². The van der Waals surface area contributed by atoms with E-state index in [0.29, 0.717) is 0 Å². The number of aryl methyl sites for hydroxylation is 2. The number of nitrogens with zero attached hydrogens (tertiary/aromatic N) is 1. The van der Waals surface area contributed by atoms with Gasteiger partial charge in [0.15, 0.2) is 0 Å². The van der Waals surface area contributed by atoms with Crippen LogP contribution in [0.15, 0.2) is 48.6 Å². The molecule has 0 radical (unpaired) electrons. The topological polar surface area (TPSA) is 12.9 Å². The Kier molecular flexibility index (Phi) is 4.99. The molecule has 4 rings (SSSR count). The summed E-state index contributed by atoms with van der Waals surface area (Å²) in [6.07, 6.45) is -3.47. The number of halogens is 3. The predicted molar refractivity (Wildman–Crippen MR) is 119 cm³/mol. The Hall–Kier alpha value is -2.10. The van der Waals surface area contributed by atoms with Crippen molar-refractivity contribution in [1.29, 1.82) is 0 Å². The van der Waals surface area contributed by atoms with Crippen LogP contribution in [0.4, 0.5) is 13.2 Å². The molecule has 2 heterocycles. The zero-order valence-electron chi connectivity index (χ0n) is 18.4. The molecule has 0 aliphatic carbocycles. The zero-order valence-corrected chi connectivity index (χ0v) is 19.2. The summed E-state index contributed by atoms with van der Waals surface area (Å²) in [4.78, 5) is 4.61. The van der Waals surface area contributed by atoms with Gasteiger partial charge in [-0.1, -0.05) is 0 Å². The van der Waals surface area contributed by atoms with Gasteiger partial charge >= 0.3 is 182 Å². The van der Waals surface area contributed by atoms with Gasteiger partial charge in [0.1, 0.15) is 0 Å². The van der Waals surface area contributed by atoms with Crippen molar-refractivity contribution in [3.63, 3.8) is 0 Å². The summed E-state index contributed by atoms with van der Waals surface area (Å²) >= 11 is -0.266. The third-order valence-electron chi connectivity index (χ3n) is 5.44. The first-order valence-corrected chi connectivity index (χ1v) is 11.6. The molecule has 0 aliphatic heterocycles. The summed E-state index contributed by atoms with van der Waals surface area (Å²) < 4.78 is 48.6. The zero-order chi connectivity index (χ0) is 22.6. The molecule has 2 aromatic heterocycles. The van der Waals surface area contributed by atoms with E-state index in [-0.39, 0.29) is 32.4 Å². The summed E-state index contributed by atoms with van der Waals surface area (Å²) in [6, 6.07) is 12.8. The van der Waals surface area contributed by atoms with E-state index in [1.165, 1.54) is 17.1 Å². The van der Waals surface area contributed by atoms with E-state index in [2.05, 4.69) is 50.0 Å². The molecular weight excluding hydrogens is 450 g/mol. The van der Waals surface area contributed by atoms with Crippen LogP contribution in [0.3, 0.4) is 0 Å². The number of rotatable bonds is 3.